The Morgan fingerprint density at radius 2 is 1.71 bits per heavy atom. The van der Waals surface area contributed by atoms with Gasteiger partial charge in [-0.3, -0.25) is 14.5 Å². The van der Waals surface area contributed by atoms with Gasteiger partial charge in [-0.25, -0.2) is 0 Å². The number of hydrogen-bond acceptors (Lipinski definition) is 4. The molecule has 0 aliphatic carbocycles. The van der Waals surface area contributed by atoms with E-state index >= 15 is 0 Å². The standard InChI is InChI=1S/C25H22N2O4/c1-30-21-13-7-5-11-19(21)16-26-24(28)17-27-20-12-6-8-14-22(20)31-23(25(27)29)15-18-9-3-2-4-10-18/h2-15H,16-17H2,1H3,(H,26,28). The van der Waals surface area contributed by atoms with Crippen LogP contribution in [-0.2, 0) is 16.1 Å². The predicted molar refractivity (Wildman–Crippen MR) is 119 cm³/mol. The Labute approximate surface area is 180 Å². The van der Waals surface area contributed by atoms with Gasteiger partial charge in [0.05, 0.1) is 12.8 Å². The molecule has 3 aromatic rings. The number of carbonyl (C=O) groups is 2. The van der Waals surface area contributed by atoms with E-state index in [2.05, 4.69) is 5.32 Å². The van der Waals surface area contributed by atoms with E-state index in [9.17, 15) is 9.59 Å². The smallest absolute Gasteiger partial charge is 0.294 e. The van der Waals surface area contributed by atoms with Gasteiger partial charge >= 0.3 is 0 Å². The quantitative estimate of drug-likeness (QED) is 0.624. The third-order valence-electron chi connectivity index (χ3n) is 4.90. The largest absolute Gasteiger partial charge is 0.496 e. The number of hydrogen-bond donors (Lipinski definition) is 1. The fraction of sp³-hybridized carbons (Fsp3) is 0.120. The van der Waals surface area contributed by atoms with E-state index in [1.165, 1.54) is 4.90 Å². The third-order valence-corrected chi connectivity index (χ3v) is 4.90. The molecule has 0 spiro atoms. The summed E-state index contributed by atoms with van der Waals surface area (Å²) in [5.41, 5.74) is 2.26. The molecule has 4 rings (SSSR count). The topological polar surface area (TPSA) is 67.9 Å². The van der Waals surface area contributed by atoms with Gasteiger partial charge in [0.25, 0.3) is 5.91 Å². The summed E-state index contributed by atoms with van der Waals surface area (Å²) in [6.07, 6.45) is 1.68. The lowest BCUT2D eigenvalue weighted by molar-refractivity contribution is -0.123. The molecule has 0 saturated heterocycles. The monoisotopic (exact) mass is 414 g/mol. The predicted octanol–water partition coefficient (Wildman–Crippen LogP) is 3.78. The third kappa shape index (κ3) is 4.59. The summed E-state index contributed by atoms with van der Waals surface area (Å²) >= 11 is 0. The van der Waals surface area contributed by atoms with Gasteiger partial charge in [0.2, 0.25) is 5.91 Å². The number of amides is 2. The highest BCUT2D eigenvalue weighted by atomic mass is 16.5. The van der Waals surface area contributed by atoms with Crippen molar-refractivity contribution in [2.24, 2.45) is 0 Å². The maximum Gasteiger partial charge on any atom is 0.294 e. The molecule has 0 fully saturated rings. The molecule has 156 valence electrons. The van der Waals surface area contributed by atoms with Crippen molar-refractivity contribution in [2.75, 3.05) is 18.6 Å². The van der Waals surface area contributed by atoms with Crippen LogP contribution in [0.15, 0.2) is 84.6 Å². The number of carbonyl (C=O) groups excluding carboxylic acids is 2. The van der Waals surface area contributed by atoms with Crippen LogP contribution in [0.4, 0.5) is 5.69 Å². The molecule has 1 aliphatic rings. The molecule has 0 radical (unpaired) electrons. The summed E-state index contributed by atoms with van der Waals surface area (Å²) in [7, 11) is 1.59. The first kappa shape index (κ1) is 20.2. The van der Waals surface area contributed by atoms with Crippen LogP contribution < -0.4 is 19.7 Å². The first-order chi connectivity index (χ1) is 15.2. The fourth-order valence-corrected chi connectivity index (χ4v) is 3.36. The van der Waals surface area contributed by atoms with Crippen molar-refractivity contribution in [2.45, 2.75) is 6.54 Å². The number of para-hydroxylation sites is 3. The molecule has 0 saturated carbocycles. The van der Waals surface area contributed by atoms with Crippen LogP contribution >= 0.6 is 0 Å². The van der Waals surface area contributed by atoms with Crippen molar-refractivity contribution >= 4 is 23.6 Å². The number of rotatable bonds is 6. The van der Waals surface area contributed by atoms with E-state index in [-0.39, 0.29) is 24.1 Å². The number of methoxy groups -OCH3 is 1. The van der Waals surface area contributed by atoms with Gasteiger partial charge in [-0.2, -0.15) is 0 Å². The van der Waals surface area contributed by atoms with Crippen molar-refractivity contribution in [3.05, 3.63) is 95.7 Å². The van der Waals surface area contributed by atoms with Crippen LogP contribution in [0.5, 0.6) is 11.5 Å². The summed E-state index contributed by atoms with van der Waals surface area (Å²) in [5, 5.41) is 2.86. The van der Waals surface area contributed by atoms with Gasteiger partial charge in [0.15, 0.2) is 11.5 Å². The minimum atomic E-state index is -0.366. The van der Waals surface area contributed by atoms with Crippen LogP contribution in [-0.4, -0.2) is 25.5 Å². The zero-order chi connectivity index (χ0) is 21.6. The zero-order valence-corrected chi connectivity index (χ0v) is 17.1. The van der Waals surface area contributed by atoms with Crippen LogP contribution in [0, 0.1) is 0 Å². The van der Waals surface area contributed by atoms with Gasteiger partial charge in [-0.05, 0) is 29.8 Å². The van der Waals surface area contributed by atoms with Crippen molar-refractivity contribution in [3.8, 4) is 11.5 Å². The summed E-state index contributed by atoms with van der Waals surface area (Å²) in [6, 6.07) is 24.1. The van der Waals surface area contributed by atoms with E-state index in [0.29, 0.717) is 23.7 Å². The lowest BCUT2D eigenvalue weighted by atomic mass is 10.1. The maximum absolute atomic E-state index is 13.1. The fourth-order valence-electron chi connectivity index (χ4n) is 3.36. The molecule has 6 heteroatoms. The molecule has 0 bridgehead atoms. The lowest BCUT2D eigenvalue weighted by Gasteiger charge is -2.30. The second-order valence-corrected chi connectivity index (χ2v) is 6.97. The molecular weight excluding hydrogens is 392 g/mol. The molecule has 1 heterocycles. The van der Waals surface area contributed by atoms with Crippen LogP contribution in [0.2, 0.25) is 0 Å². The Balaban J connectivity index is 1.54. The second-order valence-electron chi connectivity index (χ2n) is 6.97. The number of nitrogens with zero attached hydrogens (tertiary/aromatic N) is 1. The number of nitrogens with one attached hydrogen (secondary N) is 1. The van der Waals surface area contributed by atoms with Crippen LogP contribution in [0.1, 0.15) is 11.1 Å². The number of benzene rings is 3. The van der Waals surface area contributed by atoms with Gasteiger partial charge in [0, 0.05) is 12.1 Å². The SMILES string of the molecule is COc1ccccc1CNC(=O)CN1C(=O)C(=Cc2ccccc2)Oc2ccccc21. The molecule has 1 aliphatic heterocycles. The molecule has 0 unspecified atom stereocenters. The average molecular weight is 414 g/mol. The number of anilines is 1. The molecule has 6 nitrogen and oxygen atoms in total. The van der Waals surface area contributed by atoms with Crippen molar-refractivity contribution < 1.29 is 19.1 Å². The molecular formula is C25H22N2O4. The Morgan fingerprint density at radius 3 is 2.52 bits per heavy atom. The second kappa shape index (κ2) is 9.17. The summed E-state index contributed by atoms with van der Waals surface area (Å²) in [6.45, 7) is 0.177. The minimum absolute atomic E-state index is 0.125. The van der Waals surface area contributed by atoms with Gasteiger partial charge < -0.3 is 14.8 Å². The van der Waals surface area contributed by atoms with Crippen molar-refractivity contribution in [1.29, 1.82) is 0 Å². The highest BCUT2D eigenvalue weighted by molar-refractivity contribution is 6.12. The molecule has 0 aromatic heterocycles. The van der Waals surface area contributed by atoms with Gasteiger partial charge in [-0.1, -0.05) is 60.7 Å². The Hall–Kier alpha value is -4.06. The van der Waals surface area contributed by atoms with Crippen molar-refractivity contribution in [3.63, 3.8) is 0 Å². The van der Waals surface area contributed by atoms with Crippen molar-refractivity contribution in [1.82, 2.24) is 5.32 Å². The van der Waals surface area contributed by atoms with E-state index in [1.54, 1.807) is 31.4 Å². The molecule has 1 N–H and O–H groups in total. The van der Waals surface area contributed by atoms with Gasteiger partial charge in [0.1, 0.15) is 12.3 Å². The maximum atomic E-state index is 13.1. The highest BCUT2D eigenvalue weighted by Gasteiger charge is 2.31. The van der Waals surface area contributed by atoms with Crippen LogP contribution in [0.3, 0.4) is 0 Å². The summed E-state index contributed by atoms with van der Waals surface area (Å²) in [5.74, 6) is 0.748. The Bertz CT molecular complexity index is 1130. The number of fused-ring (bicyclic) bond motifs is 1. The minimum Gasteiger partial charge on any atom is -0.496 e. The Kier molecular flexibility index (Phi) is 5.98. The summed E-state index contributed by atoms with van der Waals surface area (Å²) < 4.78 is 11.2. The molecule has 3 aromatic carbocycles. The molecule has 2 amide bonds. The van der Waals surface area contributed by atoms with Gasteiger partial charge in [-0.15, -0.1) is 0 Å². The first-order valence-electron chi connectivity index (χ1n) is 9.90. The van der Waals surface area contributed by atoms with E-state index in [0.717, 1.165) is 11.1 Å². The highest BCUT2D eigenvalue weighted by Crippen LogP contribution is 2.35. The first-order valence-corrected chi connectivity index (χ1v) is 9.90. The normalized spacial score (nSPS) is 14.0. The van der Waals surface area contributed by atoms with E-state index in [4.69, 9.17) is 9.47 Å². The van der Waals surface area contributed by atoms with E-state index in [1.807, 2.05) is 60.7 Å². The lowest BCUT2D eigenvalue weighted by Crippen LogP contribution is -2.44. The van der Waals surface area contributed by atoms with Crippen LogP contribution in [0.25, 0.3) is 6.08 Å². The zero-order valence-electron chi connectivity index (χ0n) is 17.1. The van der Waals surface area contributed by atoms with E-state index < -0.39 is 0 Å². The molecule has 0 atom stereocenters. The Morgan fingerprint density at radius 1 is 1.00 bits per heavy atom. The summed E-state index contributed by atoms with van der Waals surface area (Å²) in [4.78, 5) is 27.3. The number of ether oxygens (including phenoxy) is 2. The molecule has 31 heavy (non-hydrogen) atoms. The average Bonchev–Trinajstić information content (AvgIpc) is 2.81.